The molecule has 13 heavy (non-hydrogen) atoms. The number of methoxy groups -OCH3 is 1. The van der Waals surface area contributed by atoms with Crippen LogP contribution < -0.4 is 0 Å². The van der Waals surface area contributed by atoms with Crippen molar-refractivity contribution in [3.63, 3.8) is 0 Å². The van der Waals surface area contributed by atoms with Crippen LogP contribution in [0.4, 0.5) is 0 Å². The molecule has 0 fully saturated rings. The van der Waals surface area contributed by atoms with E-state index in [9.17, 15) is 14.4 Å². The van der Waals surface area contributed by atoms with Gasteiger partial charge in [0.25, 0.3) is 0 Å². The van der Waals surface area contributed by atoms with Gasteiger partial charge in [0, 0.05) is 0 Å². The number of carbonyl (C=O) groups is 3. The molecule has 0 aromatic rings. The predicted molar refractivity (Wildman–Crippen MR) is 47.0 cm³/mol. The fraction of sp³-hybridized carbons (Fsp3) is 0.571. The van der Waals surface area contributed by atoms with Crippen LogP contribution in [0.25, 0.3) is 0 Å². The second-order valence-electron chi connectivity index (χ2n) is 2.16. The maximum absolute atomic E-state index is 11.0. The molecule has 0 heterocycles. The Labute approximate surface area is 85.1 Å². The summed E-state index contributed by atoms with van der Waals surface area (Å²) in [4.78, 5) is 32.9. The number of carbonyl (C=O) groups excluding carboxylic acids is 3. The Morgan fingerprint density at radius 1 is 1.15 bits per heavy atom. The van der Waals surface area contributed by atoms with E-state index in [1.807, 2.05) is 0 Å². The highest BCUT2D eigenvalue weighted by molar-refractivity contribution is 6.37. The van der Waals surface area contributed by atoms with Crippen molar-refractivity contribution >= 4 is 40.7 Å². The summed E-state index contributed by atoms with van der Waals surface area (Å²) in [6.07, 6.45) is 0. The van der Waals surface area contributed by atoms with Crippen LogP contribution in [0.2, 0.25) is 0 Å². The fourth-order valence-electron chi connectivity index (χ4n) is 0.715. The molecule has 0 amide bonds. The molecule has 0 atom stereocenters. The molecule has 0 saturated heterocycles. The maximum Gasteiger partial charge on any atom is 0.323 e. The zero-order chi connectivity index (χ0) is 10.4. The zero-order valence-electron chi connectivity index (χ0n) is 6.88. The Balaban J connectivity index is 4.64. The van der Waals surface area contributed by atoms with E-state index in [0.29, 0.717) is 0 Å². The number of Topliss-reactive ketones (excluding diaryl/α,β-unsaturated/α-hetero) is 2. The Hall–Kier alpha value is -0.610. The molecule has 4 nitrogen and oxygen atoms in total. The molecule has 0 bridgehead atoms. The third-order valence-electron chi connectivity index (χ3n) is 1.34. The van der Waals surface area contributed by atoms with E-state index in [2.05, 4.69) is 4.74 Å². The van der Waals surface area contributed by atoms with Crippen LogP contribution >= 0.6 is 23.2 Å². The molecule has 0 aromatic heterocycles. The number of esters is 1. The van der Waals surface area contributed by atoms with E-state index < -0.39 is 35.2 Å². The van der Waals surface area contributed by atoms with Gasteiger partial charge in [-0.05, 0) is 0 Å². The number of hydrogen-bond acceptors (Lipinski definition) is 4. The number of rotatable bonds is 5. The van der Waals surface area contributed by atoms with Crippen molar-refractivity contribution < 1.29 is 19.1 Å². The molecule has 0 radical (unpaired) electrons. The summed E-state index contributed by atoms with van der Waals surface area (Å²) in [6.45, 7) is 0. The van der Waals surface area contributed by atoms with E-state index in [4.69, 9.17) is 23.2 Å². The second-order valence-corrected chi connectivity index (χ2v) is 2.69. The van der Waals surface area contributed by atoms with Crippen LogP contribution in [-0.4, -0.2) is 36.4 Å². The minimum atomic E-state index is -1.47. The molecule has 0 N–H and O–H groups in total. The lowest BCUT2D eigenvalue weighted by atomic mass is 10.0. The van der Waals surface area contributed by atoms with E-state index in [-0.39, 0.29) is 0 Å². The Morgan fingerprint density at radius 2 is 1.54 bits per heavy atom. The third-order valence-corrected chi connectivity index (χ3v) is 1.87. The van der Waals surface area contributed by atoms with E-state index in [1.165, 1.54) is 0 Å². The lowest BCUT2D eigenvalue weighted by Gasteiger charge is -2.08. The molecule has 0 aromatic carbocycles. The summed E-state index contributed by atoms with van der Waals surface area (Å²) in [6, 6.07) is 0. The molecule has 0 saturated carbocycles. The molecule has 0 aliphatic rings. The summed E-state index contributed by atoms with van der Waals surface area (Å²) < 4.78 is 4.26. The highest BCUT2D eigenvalue weighted by Crippen LogP contribution is 2.06. The normalized spacial score (nSPS) is 9.85. The summed E-state index contributed by atoms with van der Waals surface area (Å²) >= 11 is 10.4. The molecule has 6 heteroatoms. The number of halogens is 2. The SMILES string of the molecule is COC(=O)C(C(=O)CCl)C(=O)CCl. The van der Waals surface area contributed by atoms with Gasteiger partial charge >= 0.3 is 5.97 Å². The highest BCUT2D eigenvalue weighted by Gasteiger charge is 2.33. The van der Waals surface area contributed by atoms with E-state index in [1.54, 1.807) is 0 Å². The minimum absolute atomic E-state index is 0.414. The van der Waals surface area contributed by atoms with Crippen LogP contribution in [0.1, 0.15) is 0 Å². The topological polar surface area (TPSA) is 60.4 Å². The summed E-state index contributed by atoms with van der Waals surface area (Å²) in [5.41, 5.74) is 0. The summed E-state index contributed by atoms with van der Waals surface area (Å²) in [7, 11) is 1.08. The Morgan fingerprint density at radius 3 is 1.77 bits per heavy atom. The van der Waals surface area contributed by atoms with Crippen LogP contribution in [0.3, 0.4) is 0 Å². The van der Waals surface area contributed by atoms with E-state index in [0.717, 1.165) is 7.11 Å². The number of hydrogen-bond donors (Lipinski definition) is 0. The predicted octanol–water partition coefficient (Wildman–Crippen LogP) is 0.391. The fourth-order valence-corrected chi connectivity index (χ4v) is 1.02. The first-order valence-electron chi connectivity index (χ1n) is 3.33. The molecular weight excluding hydrogens is 219 g/mol. The van der Waals surface area contributed by atoms with Gasteiger partial charge in [-0.25, -0.2) is 0 Å². The van der Waals surface area contributed by atoms with Gasteiger partial charge in [-0.15, -0.1) is 23.2 Å². The van der Waals surface area contributed by atoms with Crippen LogP contribution in [0.15, 0.2) is 0 Å². The van der Waals surface area contributed by atoms with Crippen molar-refractivity contribution in [3.8, 4) is 0 Å². The molecular formula is C7H8Cl2O4. The van der Waals surface area contributed by atoms with Crippen molar-refractivity contribution in [1.29, 1.82) is 0 Å². The number of ether oxygens (including phenoxy) is 1. The molecule has 0 unspecified atom stereocenters. The molecule has 0 spiro atoms. The smallest absolute Gasteiger partial charge is 0.323 e. The van der Waals surface area contributed by atoms with Gasteiger partial charge in [0.1, 0.15) is 0 Å². The standard InChI is InChI=1S/C7H8Cl2O4/c1-13-7(12)6(4(10)2-8)5(11)3-9/h6H,2-3H2,1H3. The zero-order valence-corrected chi connectivity index (χ0v) is 8.39. The molecule has 0 aliphatic heterocycles. The first-order chi connectivity index (χ1) is 6.08. The van der Waals surface area contributed by atoms with Gasteiger partial charge in [-0.2, -0.15) is 0 Å². The third kappa shape index (κ3) is 3.32. The van der Waals surface area contributed by atoms with Crippen molar-refractivity contribution in [2.75, 3.05) is 18.9 Å². The summed E-state index contributed by atoms with van der Waals surface area (Å²) in [5.74, 6) is -4.61. The first kappa shape index (κ1) is 12.4. The Bertz CT molecular complexity index is 188. The molecule has 0 aliphatic carbocycles. The first-order valence-corrected chi connectivity index (χ1v) is 4.40. The van der Waals surface area contributed by atoms with Gasteiger partial charge in [-0.1, -0.05) is 0 Å². The minimum Gasteiger partial charge on any atom is -0.468 e. The average molecular weight is 227 g/mol. The van der Waals surface area contributed by atoms with Crippen molar-refractivity contribution in [3.05, 3.63) is 0 Å². The highest BCUT2D eigenvalue weighted by atomic mass is 35.5. The van der Waals surface area contributed by atoms with E-state index >= 15 is 0 Å². The van der Waals surface area contributed by atoms with Crippen molar-refractivity contribution in [2.45, 2.75) is 0 Å². The Kier molecular flexibility index (Phi) is 5.66. The van der Waals surface area contributed by atoms with Crippen LogP contribution in [-0.2, 0) is 19.1 Å². The van der Waals surface area contributed by atoms with Gasteiger partial charge < -0.3 is 4.74 Å². The largest absolute Gasteiger partial charge is 0.468 e. The monoisotopic (exact) mass is 226 g/mol. The lowest BCUT2D eigenvalue weighted by molar-refractivity contribution is -0.151. The van der Waals surface area contributed by atoms with Gasteiger partial charge in [0.05, 0.1) is 18.9 Å². The lowest BCUT2D eigenvalue weighted by Crippen LogP contribution is -2.34. The average Bonchev–Trinajstić information content (AvgIpc) is 2.16. The quantitative estimate of drug-likeness (QED) is 0.387. The van der Waals surface area contributed by atoms with Gasteiger partial charge in [-0.3, -0.25) is 14.4 Å². The maximum atomic E-state index is 11.0. The van der Waals surface area contributed by atoms with Gasteiger partial charge in [0.2, 0.25) is 0 Å². The second kappa shape index (κ2) is 5.94. The van der Waals surface area contributed by atoms with Crippen LogP contribution in [0, 0.1) is 5.92 Å². The molecule has 74 valence electrons. The van der Waals surface area contributed by atoms with Crippen molar-refractivity contribution in [1.82, 2.24) is 0 Å². The van der Waals surface area contributed by atoms with Gasteiger partial charge in [0.15, 0.2) is 17.5 Å². The molecule has 0 rings (SSSR count). The number of alkyl halides is 2. The summed E-state index contributed by atoms with van der Waals surface area (Å²) in [5, 5.41) is 0. The number of ketones is 2. The van der Waals surface area contributed by atoms with Crippen molar-refractivity contribution in [2.24, 2.45) is 5.92 Å². The van der Waals surface area contributed by atoms with Crippen LogP contribution in [0.5, 0.6) is 0 Å².